The molecule has 0 bridgehead atoms. The lowest BCUT2D eigenvalue weighted by atomic mass is 10.2. The maximum Gasteiger partial charge on any atom is 0.279 e. The average Bonchev–Trinajstić information content (AvgIpc) is 3.21. The van der Waals surface area contributed by atoms with Crippen LogP contribution < -0.4 is 9.11 Å². The summed E-state index contributed by atoms with van der Waals surface area (Å²) < 4.78 is 54.3. The van der Waals surface area contributed by atoms with E-state index in [9.17, 15) is 21.6 Å². The number of aryl methyl sites for hydroxylation is 1. The zero-order chi connectivity index (χ0) is 26.8. The first-order chi connectivity index (χ1) is 17.6. The standard InChI is InChI=1S/C26H27N3O5S3/c1-4-17-28-23-16-15-22(36(3,31)32)18-24(23)35-26(28)27-25(30)19-11-13-21(14-12-19)37(33,34)29(5-2)20-9-7-6-8-10-20/h6-16,18H,4-5,17H2,1-3H3. The number of amides is 1. The molecule has 4 rings (SSSR count). The average molecular weight is 558 g/mol. The molecule has 0 N–H and O–H groups in total. The number of carbonyl (C=O) groups excluding carboxylic acids is 1. The Hall–Kier alpha value is -3.28. The van der Waals surface area contributed by atoms with Crippen LogP contribution in [0.1, 0.15) is 30.6 Å². The molecule has 4 aromatic rings. The molecule has 1 amide bonds. The molecular formula is C26H27N3O5S3. The highest BCUT2D eigenvalue weighted by Gasteiger charge is 2.23. The second-order valence-corrected chi connectivity index (χ2v) is 13.3. The molecule has 0 aliphatic rings. The summed E-state index contributed by atoms with van der Waals surface area (Å²) >= 11 is 1.24. The van der Waals surface area contributed by atoms with Gasteiger partial charge in [0.15, 0.2) is 14.6 Å². The number of anilines is 1. The number of hydrogen-bond donors (Lipinski definition) is 0. The van der Waals surface area contributed by atoms with E-state index in [0.717, 1.165) is 18.2 Å². The summed E-state index contributed by atoms with van der Waals surface area (Å²) in [7, 11) is -7.18. The topological polar surface area (TPSA) is 106 Å². The number of rotatable bonds is 8. The summed E-state index contributed by atoms with van der Waals surface area (Å²) in [6.07, 6.45) is 1.95. The molecule has 0 unspecified atom stereocenters. The molecule has 0 aliphatic heterocycles. The number of sulfone groups is 1. The molecule has 0 spiro atoms. The highest BCUT2D eigenvalue weighted by molar-refractivity contribution is 7.92. The van der Waals surface area contributed by atoms with Gasteiger partial charge in [0.2, 0.25) is 0 Å². The van der Waals surface area contributed by atoms with Crippen LogP contribution in [0, 0.1) is 0 Å². The Labute approximate surface area is 220 Å². The molecule has 3 aromatic carbocycles. The van der Waals surface area contributed by atoms with Crippen molar-refractivity contribution in [3.05, 3.63) is 83.2 Å². The number of nitrogens with zero attached hydrogens (tertiary/aromatic N) is 3. The molecule has 0 saturated heterocycles. The van der Waals surface area contributed by atoms with Crippen molar-refractivity contribution in [3.63, 3.8) is 0 Å². The number of benzene rings is 3. The second kappa shape index (κ2) is 10.6. The van der Waals surface area contributed by atoms with Crippen LogP contribution in [0.15, 0.2) is 87.6 Å². The van der Waals surface area contributed by atoms with Crippen LogP contribution in [-0.4, -0.2) is 40.1 Å². The molecule has 1 aromatic heterocycles. The molecule has 194 valence electrons. The van der Waals surface area contributed by atoms with Crippen molar-refractivity contribution >= 4 is 53.0 Å². The van der Waals surface area contributed by atoms with E-state index in [1.807, 2.05) is 17.6 Å². The smallest absolute Gasteiger partial charge is 0.279 e. The predicted molar refractivity (Wildman–Crippen MR) is 146 cm³/mol. The van der Waals surface area contributed by atoms with Crippen molar-refractivity contribution in [3.8, 4) is 0 Å². The molecule has 0 aliphatic carbocycles. The summed E-state index contributed by atoms with van der Waals surface area (Å²) in [5, 5.41) is 0. The van der Waals surface area contributed by atoms with Crippen molar-refractivity contribution in [2.75, 3.05) is 17.1 Å². The zero-order valence-electron chi connectivity index (χ0n) is 20.7. The minimum absolute atomic E-state index is 0.0750. The van der Waals surface area contributed by atoms with Crippen molar-refractivity contribution in [2.24, 2.45) is 4.99 Å². The van der Waals surface area contributed by atoms with Gasteiger partial charge in [-0.15, -0.1) is 0 Å². The lowest BCUT2D eigenvalue weighted by molar-refractivity contribution is 0.0997. The molecule has 1 heterocycles. The van der Waals surface area contributed by atoms with Gasteiger partial charge >= 0.3 is 0 Å². The van der Waals surface area contributed by atoms with E-state index in [1.54, 1.807) is 49.4 Å². The fourth-order valence-corrected chi connectivity index (χ4v) is 7.23. The summed E-state index contributed by atoms with van der Waals surface area (Å²) in [6.45, 7) is 4.62. The minimum atomic E-state index is -3.81. The Kier molecular flexibility index (Phi) is 7.67. The van der Waals surface area contributed by atoms with Gasteiger partial charge in [-0.2, -0.15) is 4.99 Å². The van der Waals surface area contributed by atoms with E-state index in [2.05, 4.69) is 4.99 Å². The summed E-state index contributed by atoms with van der Waals surface area (Å²) in [6, 6.07) is 19.4. The van der Waals surface area contributed by atoms with E-state index in [0.29, 0.717) is 21.7 Å². The number of hydrogen-bond acceptors (Lipinski definition) is 6. The maximum absolute atomic E-state index is 13.2. The maximum atomic E-state index is 13.2. The van der Waals surface area contributed by atoms with Crippen molar-refractivity contribution < 1.29 is 21.6 Å². The van der Waals surface area contributed by atoms with E-state index in [4.69, 9.17) is 0 Å². The van der Waals surface area contributed by atoms with Crippen LogP contribution in [0.25, 0.3) is 10.2 Å². The normalized spacial score (nSPS) is 12.7. The third-order valence-electron chi connectivity index (χ3n) is 5.75. The van der Waals surface area contributed by atoms with Crippen LogP contribution in [0.5, 0.6) is 0 Å². The number of thiazole rings is 1. The Morgan fingerprint density at radius 3 is 2.16 bits per heavy atom. The van der Waals surface area contributed by atoms with Gasteiger partial charge in [-0.3, -0.25) is 9.10 Å². The highest BCUT2D eigenvalue weighted by Crippen LogP contribution is 2.24. The molecule has 8 nitrogen and oxygen atoms in total. The van der Waals surface area contributed by atoms with Gasteiger partial charge in [0, 0.05) is 24.9 Å². The summed E-state index contributed by atoms with van der Waals surface area (Å²) in [5.41, 5.74) is 1.61. The van der Waals surface area contributed by atoms with Gasteiger partial charge in [-0.1, -0.05) is 36.5 Å². The molecule has 0 radical (unpaired) electrons. The van der Waals surface area contributed by atoms with E-state index < -0.39 is 25.8 Å². The third-order valence-corrected chi connectivity index (χ3v) is 9.82. The molecule has 0 fully saturated rings. The van der Waals surface area contributed by atoms with Gasteiger partial charge in [0.05, 0.1) is 25.7 Å². The number of carbonyl (C=O) groups is 1. The first kappa shape index (κ1) is 26.8. The molecular weight excluding hydrogens is 531 g/mol. The Morgan fingerprint density at radius 2 is 1.57 bits per heavy atom. The second-order valence-electron chi connectivity index (χ2n) is 8.38. The number of fused-ring (bicyclic) bond motifs is 1. The first-order valence-corrected chi connectivity index (χ1v) is 15.8. The summed E-state index contributed by atoms with van der Waals surface area (Å²) in [4.78, 5) is 18.0. The number of aromatic nitrogens is 1. The lowest BCUT2D eigenvalue weighted by Gasteiger charge is -2.22. The fourth-order valence-electron chi connectivity index (χ4n) is 3.94. The van der Waals surface area contributed by atoms with Crippen LogP contribution in [0.4, 0.5) is 5.69 Å². The first-order valence-electron chi connectivity index (χ1n) is 11.7. The number of sulfonamides is 1. The van der Waals surface area contributed by atoms with Crippen molar-refractivity contribution in [2.45, 2.75) is 36.6 Å². The van der Waals surface area contributed by atoms with Gasteiger partial charge in [0.1, 0.15) is 0 Å². The third kappa shape index (κ3) is 5.53. The SMILES string of the molecule is CCCn1c(=NC(=O)c2ccc(S(=O)(=O)N(CC)c3ccccc3)cc2)sc2cc(S(C)(=O)=O)ccc21. The van der Waals surface area contributed by atoms with Crippen molar-refractivity contribution in [1.82, 2.24) is 4.57 Å². The van der Waals surface area contributed by atoms with Crippen LogP contribution in [0.3, 0.4) is 0 Å². The van der Waals surface area contributed by atoms with Crippen molar-refractivity contribution in [1.29, 1.82) is 0 Å². The van der Waals surface area contributed by atoms with Crippen LogP contribution in [0.2, 0.25) is 0 Å². The van der Waals surface area contributed by atoms with Crippen LogP contribution in [-0.2, 0) is 26.4 Å². The van der Waals surface area contributed by atoms with E-state index >= 15 is 0 Å². The quantitative estimate of drug-likeness (QED) is 0.318. The van der Waals surface area contributed by atoms with Gasteiger partial charge in [-0.25, -0.2) is 16.8 Å². The lowest BCUT2D eigenvalue weighted by Crippen LogP contribution is -2.30. The largest absolute Gasteiger partial charge is 0.316 e. The van der Waals surface area contributed by atoms with Gasteiger partial charge in [0.25, 0.3) is 15.9 Å². The molecule has 11 heteroatoms. The van der Waals surface area contributed by atoms with Gasteiger partial charge < -0.3 is 4.57 Å². The van der Waals surface area contributed by atoms with E-state index in [-0.39, 0.29) is 21.9 Å². The molecule has 0 atom stereocenters. The molecule has 0 saturated carbocycles. The zero-order valence-corrected chi connectivity index (χ0v) is 23.1. The molecule has 37 heavy (non-hydrogen) atoms. The monoisotopic (exact) mass is 557 g/mol. The Bertz CT molecular complexity index is 1720. The fraction of sp³-hybridized carbons (Fsp3) is 0.231. The Balaban J connectivity index is 1.69. The Morgan fingerprint density at radius 1 is 0.919 bits per heavy atom. The summed E-state index contributed by atoms with van der Waals surface area (Å²) in [5.74, 6) is -0.515. The van der Waals surface area contributed by atoms with Gasteiger partial charge in [-0.05, 0) is 67.9 Å². The predicted octanol–water partition coefficient (Wildman–Crippen LogP) is 4.47. The highest BCUT2D eigenvalue weighted by atomic mass is 32.2. The minimum Gasteiger partial charge on any atom is -0.316 e. The van der Waals surface area contributed by atoms with Crippen LogP contribution >= 0.6 is 11.3 Å². The van der Waals surface area contributed by atoms with E-state index in [1.165, 1.54) is 39.9 Å². The number of para-hydroxylation sites is 1.